The Hall–Kier alpha value is -2.87. The lowest BCUT2D eigenvalue weighted by molar-refractivity contribution is -0.119. The molecular formula is C27H33N3O4S. The van der Waals surface area contributed by atoms with E-state index in [0.29, 0.717) is 17.0 Å². The number of nitrogens with zero attached hydrogens (tertiary/aromatic N) is 2. The minimum Gasteiger partial charge on any atom is -0.496 e. The molecule has 0 spiro atoms. The number of amides is 1. The highest BCUT2D eigenvalue weighted by Crippen LogP contribution is 2.60. The van der Waals surface area contributed by atoms with Crippen molar-refractivity contribution in [1.82, 2.24) is 5.43 Å². The molecule has 0 unspecified atom stereocenters. The normalized spacial score (nSPS) is 27.2. The Morgan fingerprint density at radius 2 is 1.66 bits per heavy atom. The van der Waals surface area contributed by atoms with Gasteiger partial charge in [-0.2, -0.15) is 5.10 Å². The van der Waals surface area contributed by atoms with E-state index in [4.69, 9.17) is 4.74 Å². The van der Waals surface area contributed by atoms with Gasteiger partial charge >= 0.3 is 0 Å². The van der Waals surface area contributed by atoms with Crippen LogP contribution >= 0.6 is 0 Å². The van der Waals surface area contributed by atoms with Crippen molar-refractivity contribution in [2.45, 2.75) is 43.9 Å². The first-order valence-corrected chi connectivity index (χ1v) is 14.1. The van der Waals surface area contributed by atoms with Crippen molar-refractivity contribution in [2.75, 3.05) is 24.2 Å². The lowest BCUT2D eigenvalue weighted by atomic mass is 9.48. The molecule has 4 aliphatic rings. The number of ether oxygens (including phenoxy) is 1. The van der Waals surface area contributed by atoms with Crippen LogP contribution in [-0.4, -0.2) is 40.4 Å². The van der Waals surface area contributed by atoms with E-state index in [1.54, 1.807) is 13.2 Å². The molecule has 4 fully saturated rings. The van der Waals surface area contributed by atoms with Gasteiger partial charge in [0, 0.05) is 5.56 Å². The van der Waals surface area contributed by atoms with Gasteiger partial charge in [-0.15, -0.1) is 0 Å². The number of anilines is 1. The number of sulfonamides is 1. The van der Waals surface area contributed by atoms with Crippen LogP contribution < -0.4 is 14.5 Å². The molecule has 1 amide bonds. The maximum atomic E-state index is 12.6. The highest BCUT2D eigenvalue weighted by molar-refractivity contribution is 7.92. The number of carbonyl (C=O) groups excluding carboxylic acids is 1. The number of hydrogen-bond acceptors (Lipinski definition) is 5. The number of hydrazone groups is 1. The molecule has 8 heteroatoms. The molecule has 2 aromatic carbocycles. The average molecular weight is 496 g/mol. The number of methoxy groups -OCH3 is 1. The van der Waals surface area contributed by atoms with Gasteiger partial charge in [0.15, 0.2) is 0 Å². The van der Waals surface area contributed by atoms with Gasteiger partial charge in [0.25, 0.3) is 5.91 Å². The number of rotatable bonds is 8. The molecular weight excluding hydrogens is 462 g/mol. The first-order chi connectivity index (χ1) is 16.8. The standard InChI is InChI=1S/C27H33N3O4S/c1-34-25-6-4-3-5-22(25)17-28-29-26(31)18-30(35(2,32)33)24-9-7-23(8-10-24)27-14-19-11-20(15-27)13-21(12-19)16-27/h3-10,17,19-21H,11-16,18H2,1-2H3,(H,29,31)/b28-17+. The number of nitrogens with one attached hydrogen (secondary N) is 1. The van der Waals surface area contributed by atoms with E-state index in [9.17, 15) is 13.2 Å². The molecule has 7 nitrogen and oxygen atoms in total. The lowest BCUT2D eigenvalue weighted by Gasteiger charge is -2.57. The summed E-state index contributed by atoms with van der Waals surface area (Å²) in [6.07, 6.45) is 10.5. The van der Waals surface area contributed by atoms with Gasteiger partial charge in [-0.1, -0.05) is 24.3 Å². The topological polar surface area (TPSA) is 88.1 Å². The van der Waals surface area contributed by atoms with Crippen molar-refractivity contribution < 1.29 is 17.9 Å². The molecule has 0 aliphatic heterocycles. The van der Waals surface area contributed by atoms with E-state index in [0.717, 1.165) is 28.3 Å². The second-order valence-corrected chi connectivity index (χ2v) is 12.5. The van der Waals surface area contributed by atoms with Crippen LogP contribution in [0.15, 0.2) is 53.6 Å². The van der Waals surface area contributed by atoms with Crippen molar-refractivity contribution in [2.24, 2.45) is 22.9 Å². The third-order valence-corrected chi connectivity index (χ3v) is 9.17. The minimum absolute atomic E-state index is 0.244. The fraction of sp³-hybridized carbons (Fsp3) is 0.481. The summed E-state index contributed by atoms with van der Waals surface area (Å²) in [6.45, 7) is -0.348. The Bertz CT molecular complexity index is 1190. The van der Waals surface area contributed by atoms with Gasteiger partial charge in [-0.3, -0.25) is 9.10 Å². The number of carbonyl (C=O) groups is 1. The van der Waals surface area contributed by atoms with E-state index in [1.807, 2.05) is 30.3 Å². The molecule has 186 valence electrons. The Morgan fingerprint density at radius 3 is 2.23 bits per heavy atom. The van der Waals surface area contributed by atoms with E-state index < -0.39 is 15.9 Å². The van der Waals surface area contributed by atoms with E-state index in [2.05, 4.69) is 22.7 Å². The summed E-state index contributed by atoms with van der Waals surface area (Å²) in [4.78, 5) is 12.6. The molecule has 1 N–H and O–H groups in total. The SMILES string of the molecule is COc1ccccc1/C=N/NC(=O)CN(c1ccc(C23CC4CC(CC(C4)C2)C3)cc1)S(C)(=O)=O. The summed E-state index contributed by atoms with van der Waals surface area (Å²) in [6, 6.07) is 15.1. The number of benzene rings is 2. The highest BCUT2D eigenvalue weighted by Gasteiger charge is 2.51. The van der Waals surface area contributed by atoms with Crippen molar-refractivity contribution in [1.29, 1.82) is 0 Å². The summed E-state index contributed by atoms with van der Waals surface area (Å²) in [5.41, 5.74) is 5.18. The second kappa shape index (κ2) is 9.30. The largest absolute Gasteiger partial charge is 0.496 e. The van der Waals surface area contributed by atoms with Crippen LogP contribution in [-0.2, 0) is 20.2 Å². The quantitative estimate of drug-likeness (QED) is 0.442. The maximum absolute atomic E-state index is 12.6. The van der Waals surface area contributed by atoms with Gasteiger partial charge < -0.3 is 4.74 Å². The summed E-state index contributed by atoms with van der Waals surface area (Å²) >= 11 is 0. The third kappa shape index (κ3) is 4.94. The van der Waals surface area contributed by atoms with Gasteiger partial charge in [0.05, 0.1) is 25.3 Å². The van der Waals surface area contributed by atoms with Crippen LogP contribution in [0.1, 0.15) is 49.7 Å². The highest BCUT2D eigenvalue weighted by atomic mass is 32.2. The van der Waals surface area contributed by atoms with Gasteiger partial charge in [-0.25, -0.2) is 13.8 Å². The van der Waals surface area contributed by atoms with Gasteiger partial charge in [-0.05, 0) is 91.5 Å². The fourth-order valence-electron chi connectivity index (χ4n) is 6.96. The summed E-state index contributed by atoms with van der Waals surface area (Å²) in [7, 11) is -2.10. The van der Waals surface area contributed by atoms with E-state index in [-0.39, 0.29) is 12.0 Å². The van der Waals surface area contributed by atoms with Crippen LogP contribution in [0.25, 0.3) is 0 Å². The van der Waals surface area contributed by atoms with Crippen molar-refractivity contribution in [3.05, 3.63) is 59.7 Å². The average Bonchev–Trinajstić information content (AvgIpc) is 2.81. The predicted molar refractivity (Wildman–Crippen MR) is 137 cm³/mol. The van der Waals surface area contributed by atoms with Gasteiger partial charge in [0.2, 0.25) is 10.0 Å². The summed E-state index contributed by atoms with van der Waals surface area (Å²) in [5.74, 6) is 2.63. The van der Waals surface area contributed by atoms with Crippen LogP contribution in [0.3, 0.4) is 0 Å². The smallest absolute Gasteiger partial charge is 0.260 e. The zero-order valence-corrected chi connectivity index (χ0v) is 21.1. The molecule has 0 aromatic heterocycles. The van der Waals surface area contributed by atoms with E-state index in [1.165, 1.54) is 50.3 Å². The third-order valence-electron chi connectivity index (χ3n) is 8.03. The molecule has 0 heterocycles. The minimum atomic E-state index is -3.66. The molecule has 35 heavy (non-hydrogen) atoms. The molecule has 2 aromatic rings. The Morgan fingerprint density at radius 1 is 1.06 bits per heavy atom. The predicted octanol–water partition coefficient (Wildman–Crippen LogP) is 4.08. The monoisotopic (exact) mass is 495 g/mol. The number of para-hydroxylation sites is 1. The summed E-state index contributed by atoms with van der Waals surface area (Å²) in [5, 5.41) is 3.97. The van der Waals surface area contributed by atoms with Crippen molar-refractivity contribution >= 4 is 27.8 Å². The molecule has 0 radical (unpaired) electrons. The molecule has 6 rings (SSSR count). The van der Waals surface area contributed by atoms with Crippen LogP contribution in [0.4, 0.5) is 5.69 Å². The Kier molecular flexibility index (Phi) is 6.34. The van der Waals surface area contributed by atoms with Crippen LogP contribution in [0, 0.1) is 17.8 Å². The first kappa shape index (κ1) is 23.9. The molecule has 0 atom stereocenters. The number of hydrogen-bond donors (Lipinski definition) is 1. The Labute approximate surface area is 207 Å². The molecule has 4 bridgehead atoms. The molecule has 4 aliphatic carbocycles. The maximum Gasteiger partial charge on any atom is 0.260 e. The van der Waals surface area contributed by atoms with Gasteiger partial charge in [0.1, 0.15) is 12.3 Å². The zero-order chi connectivity index (χ0) is 24.6. The fourth-order valence-corrected chi connectivity index (χ4v) is 7.81. The van der Waals surface area contributed by atoms with E-state index >= 15 is 0 Å². The second-order valence-electron chi connectivity index (χ2n) is 10.5. The molecule has 0 saturated heterocycles. The van der Waals surface area contributed by atoms with Crippen molar-refractivity contribution in [3.63, 3.8) is 0 Å². The summed E-state index contributed by atoms with van der Waals surface area (Å²) < 4.78 is 31.5. The first-order valence-electron chi connectivity index (χ1n) is 12.3. The zero-order valence-electron chi connectivity index (χ0n) is 20.3. The Balaban J connectivity index is 1.29. The molecule has 4 saturated carbocycles. The van der Waals surface area contributed by atoms with Crippen LogP contribution in [0.2, 0.25) is 0 Å². The van der Waals surface area contributed by atoms with Crippen molar-refractivity contribution in [3.8, 4) is 5.75 Å². The lowest BCUT2D eigenvalue weighted by Crippen LogP contribution is -2.48. The van der Waals surface area contributed by atoms with Crippen LogP contribution in [0.5, 0.6) is 5.75 Å².